The van der Waals surface area contributed by atoms with Gasteiger partial charge in [0, 0.05) is 24.1 Å². The number of aromatic nitrogens is 2. The number of nitrogens with zero attached hydrogens (tertiary/aromatic N) is 2. The van der Waals surface area contributed by atoms with Gasteiger partial charge in [-0.1, -0.05) is 6.07 Å². The van der Waals surface area contributed by atoms with Gasteiger partial charge in [0.05, 0.1) is 17.1 Å². The van der Waals surface area contributed by atoms with Crippen LogP contribution < -0.4 is 10.0 Å². The molecule has 2 heterocycles. The number of hydrogen-bond donors (Lipinski definition) is 2. The first-order valence-corrected chi connectivity index (χ1v) is 9.21. The summed E-state index contributed by atoms with van der Waals surface area (Å²) in [5.74, 6) is 0. The molecular weight excluding hydrogens is 324 g/mol. The Labute approximate surface area is 141 Å². The lowest BCUT2D eigenvalue weighted by atomic mass is 10.3. The van der Waals surface area contributed by atoms with Gasteiger partial charge in [-0.2, -0.15) is 0 Å². The zero-order chi connectivity index (χ0) is 17.2. The quantitative estimate of drug-likeness (QED) is 0.721. The number of benzene rings is 1. The van der Waals surface area contributed by atoms with Gasteiger partial charge in [0.1, 0.15) is 5.65 Å². The number of imidazole rings is 1. The molecule has 24 heavy (non-hydrogen) atoms. The third-order valence-corrected chi connectivity index (χ3v) is 5.12. The van der Waals surface area contributed by atoms with E-state index in [2.05, 4.69) is 15.0 Å². The molecule has 0 bridgehead atoms. The van der Waals surface area contributed by atoms with Crippen LogP contribution in [0.4, 0.5) is 5.69 Å². The molecule has 2 N–H and O–H groups in total. The van der Waals surface area contributed by atoms with E-state index in [1.54, 1.807) is 38.1 Å². The summed E-state index contributed by atoms with van der Waals surface area (Å²) in [7, 11) is -3.45. The molecule has 2 aromatic heterocycles. The molecule has 0 radical (unpaired) electrons. The van der Waals surface area contributed by atoms with Gasteiger partial charge in [0.15, 0.2) is 0 Å². The molecule has 0 spiro atoms. The van der Waals surface area contributed by atoms with E-state index in [9.17, 15) is 8.42 Å². The Morgan fingerprint density at radius 2 is 1.88 bits per heavy atom. The molecule has 0 amide bonds. The minimum absolute atomic E-state index is 0.136. The van der Waals surface area contributed by atoms with Gasteiger partial charge in [-0.25, -0.2) is 18.1 Å². The molecule has 0 aliphatic rings. The van der Waals surface area contributed by atoms with Crippen LogP contribution in [0.15, 0.2) is 59.8 Å². The highest BCUT2D eigenvalue weighted by atomic mass is 32.2. The van der Waals surface area contributed by atoms with Crippen molar-refractivity contribution in [3.63, 3.8) is 0 Å². The molecule has 3 aromatic rings. The van der Waals surface area contributed by atoms with Gasteiger partial charge in [-0.15, -0.1) is 0 Å². The van der Waals surface area contributed by atoms with E-state index in [1.165, 1.54) is 0 Å². The summed E-state index contributed by atoms with van der Waals surface area (Å²) >= 11 is 0. The highest BCUT2D eigenvalue weighted by molar-refractivity contribution is 7.89. The molecule has 0 unspecified atom stereocenters. The number of anilines is 1. The summed E-state index contributed by atoms with van der Waals surface area (Å²) in [6, 6.07) is 12.4. The summed E-state index contributed by atoms with van der Waals surface area (Å²) in [5.41, 5.74) is 2.66. The van der Waals surface area contributed by atoms with Crippen LogP contribution in [0, 0.1) is 0 Å². The maximum Gasteiger partial charge on any atom is 0.240 e. The molecule has 0 aliphatic carbocycles. The van der Waals surface area contributed by atoms with E-state index >= 15 is 0 Å². The molecule has 0 saturated heterocycles. The second-order valence-corrected chi connectivity index (χ2v) is 7.57. The van der Waals surface area contributed by atoms with Gasteiger partial charge in [0.2, 0.25) is 10.0 Å². The molecule has 1 aromatic carbocycles. The lowest BCUT2D eigenvalue weighted by molar-refractivity contribution is 0.570. The molecule has 0 saturated carbocycles. The smallest absolute Gasteiger partial charge is 0.240 e. The highest BCUT2D eigenvalue weighted by Gasteiger charge is 2.14. The van der Waals surface area contributed by atoms with Crippen molar-refractivity contribution in [1.29, 1.82) is 0 Å². The van der Waals surface area contributed by atoms with Crippen molar-refractivity contribution < 1.29 is 8.42 Å². The summed E-state index contributed by atoms with van der Waals surface area (Å²) in [4.78, 5) is 4.77. The standard InChI is InChI=1S/C17H20N4O2S/c1-13(2)20-24(22,23)16-8-6-14(7-9-16)18-11-15-12-21-10-4-3-5-17(21)19-15/h3-10,12-13,18,20H,11H2,1-2H3. The monoisotopic (exact) mass is 344 g/mol. The van der Waals surface area contributed by atoms with Crippen LogP contribution in [-0.4, -0.2) is 23.8 Å². The predicted octanol–water partition coefficient (Wildman–Crippen LogP) is 2.63. The SMILES string of the molecule is CC(C)NS(=O)(=O)c1ccc(NCc2cn3ccccc3n2)cc1. The largest absolute Gasteiger partial charge is 0.379 e. The van der Waals surface area contributed by atoms with Gasteiger partial charge in [-0.3, -0.25) is 0 Å². The molecule has 0 aliphatic heterocycles. The van der Waals surface area contributed by atoms with Crippen LogP contribution in [0.3, 0.4) is 0 Å². The second kappa shape index (κ2) is 6.62. The third kappa shape index (κ3) is 3.74. The zero-order valence-corrected chi connectivity index (χ0v) is 14.4. The summed E-state index contributed by atoms with van der Waals surface area (Å²) in [6.45, 7) is 4.16. The van der Waals surface area contributed by atoms with Crippen LogP contribution in [-0.2, 0) is 16.6 Å². The van der Waals surface area contributed by atoms with Crippen LogP contribution in [0.1, 0.15) is 19.5 Å². The molecule has 0 fully saturated rings. The van der Waals surface area contributed by atoms with Crippen molar-refractivity contribution in [3.05, 3.63) is 60.6 Å². The van der Waals surface area contributed by atoms with Crippen molar-refractivity contribution in [2.75, 3.05) is 5.32 Å². The van der Waals surface area contributed by atoms with E-state index in [0.717, 1.165) is 17.0 Å². The maximum atomic E-state index is 12.1. The molecule has 6 nitrogen and oxygen atoms in total. The summed E-state index contributed by atoms with van der Waals surface area (Å²) < 4.78 is 28.7. The second-order valence-electron chi connectivity index (χ2n) is 5.85. The van der Waals surface area contributed by atoms with Crippen LogP contribution in [0.25, 0.3) is 5.65 Å². The Balaban J connectivity index is 1.68. The molecule has 3 rings (SSSR count). The van der Waals surface area contributed by atoms with Gasteiger partial charge in [0.25, 0.3) is 0 Å². The van der Waals surface area contributed by atoms with E-state index in [0.29, 0.717) is 6.54 Å². The molecule has 0 atom stereocenters. The van der Waals surface area contributed by atoms with Gasteiger partial charge in [-0.05, 0) is 50.2 Å². The third-order valence-electron chi connectivity index (χ3n) is 3.44. The minimum atomic E-state index is -3.45. The average Bonchev–Trinajstić information content (AvgIpc) is 2.95. The van der Waals surface area contributed by atoms with Crippen molar-refractivity contribution >= 4 is 21.4 Å². The Bertz CT molecular complexity index is 898. The number of hydrogen-bond acceptors (Lipinski definition) is 4. The lowest BCUT2D eigenvalue weighted by Gasteiger charge is -2.10. The number of rotatable bonds is 6. The Kier molecular flexibility index (Phi) is 4.55. The first kappa shape index (κ1) is 16.5. The number of sulfonamides is 1. The Hall–Kier alpha value is -2.38. The average molecular weight is 344 g/mol. The highest BCUT2D eigenvalue weighted by Crippen LogP contribution is 2.15. The molecule has 126 valence electrons. The zero-order valence-electron chi connectivity index (χ0n) is 13.6. The number of nitrogens with one attached hydrogen (secondary N) is 2. The topological polar surface area (TPSA) is 75.5 Å². The summed E-state index contributed by atoms with van der Waals surface area (Å²) in [6.07, 6.45) is 3.92. The number of fused-ring (bicyclic) bond motifs is 1. The Morgan fingerprint density at radius 1 is 1.12 bits per heavy atom. The maximum absolute atomic E-state index is 12.1. The first-order chi connectivity index (χ1) is 11.4. The molecule has 7 heteroatoms. The first-order valence-electron chi connectivity index (χ1n) is 7.73. The fraction of sp³-hybridized carbons (Fsp3) is 0.235. The lowest BCUT2D eigenvalue weighted by Crippen LogP contribution is -2.30. The van der Waals surface area contributed by atoms with E-state index in [4.69, 9.17) is 0 Å². The summed E-state index contributed by atoms with van der Waals surface area (Å²) in [5, 5.41) is 3.25. The van der Waals surface area contributed by atoms with E-state index in [-0.39, 0.29) is 10.9 Å². The number of pyridine rings is 1. The van der Waals surface area contributed by atoms with E-state index < -0.39 is 10.0 Å². The fourth-order valence-electron chi connectivity index (χ4n) is 2.40. The van der Waals surface area contributed by atoms with Crippen LogP contribution in [0.5, 0.6) is 0 Å². The van der Waals surface area contributed by atoms with Crippen LogP contribution in [0.2, 0.25) is 0 Å². The minimum Gasteiger partial charge on any atom is -0.379 e. The van der Waals surface area contributed by atoms with Gasteiger partial charge >= 0.3 is 0 Å². The van der Waals surface area contributed by atoms with Crippen LogP contribution >= 0.6 is 0 Å². The fourth-order valence-corrected chi connectivity index (χ4v) is 3.65. The van der Waals surface area contributed by atoms with Crippen molar-refractivity contribution in [1.82, 2.24) is 14.1 Å². The van der Waals surface area contributed by atoms with Gasteiger partial charge < -0.3 is 9.72 Å². The van der Waals surface area contributed by atoms with E-state index in [1.807, 2.05) is 35.0 Å². The van der Waals surface area contributed by atoms with Crippen molar-refractivity contribution in [2.24, 2.45) is 0 Å². The predicted molar refractivity (Wildman–Crippen MR) is 94.4 cm³/mol. The van der Waals surface area contributed by atoms with Crippen molar-refractivity contribution in [3.8, 4) is 0 Å². The normalized spacial score (nSPS) is 12.0. The Morgan fingerprint density at radius 3 is 2.54 bits per heavy atom. The molecular formula is C17H20N4O2S. The van der Waals surface area contributed by atoms with Crippen molar-refractivity contribution in [2.45, 2.75) is 31.3 Å².